The second-order valence-electron chi connectivity index (χ2n) is 4.31. The largest absolute Gasteiger partial charge is 0.334 e. The molecule has 1 saturated carbocycles. The second kappa shape index (κ2) is 2.44. The number of nitrogens with zero attached hydrogens (tertiary/aromatic N) is 1. The van der Waals surface area contributed by atoms with Crippen molar-refractivity contribution in [1.82, 2.24) is 10.2 Å². The van der Waals surface area contributed by atoms with Gasteiger partial charge in [0, 0.05) is 25.2 Å². The number of carbonyl (C=O) groups is 1. The lowest BCUT2D eigenvalue weighted by molar-refractivity contribution is -0.149. The van der Waals surface area contributed by atoms with Crippen LogP contribution in [-0.4, -0.2) is 42.2 Å². The second-order valence-corrected chi connectivity index (χ2v) is 4.31. The van der Waals surface area contributed by atoms with Gasteiger partial charge in [-0.1, -0.05) is 0 Å². The summed E-state index contributed by atoms with van der Waals surface area (Å²) in [6.07, 6.45) is 0.728. The molecule has 2 saturated heterocycles. The molecule has 3 nitrogen and oxygen atoms in total. The molecule has 3 aliphatic rings. The summed E-state index contributed by atoms with van der Waals surface area (Å²) >= 11 is 0. The predicted octanol–water partition coefficient (Wildman–Crippen LogP) is -0.0829. The molecule has 3 rings (SSSR count). The first-order chi connectivity index (χ1) is 6.27. The molecule has 3 fully saturated rings. The summed E-state index contributed by atoms with van der Waals surface area (Å²) in [6.45, 7) is 1.79. The van der Waals surface area contributed by atoms with Crippen molar-refractivity contribution in [2.45, 2.75) is 31.1 Å². The van der Waals surface area contributed by atoms with Crippen LogP contribution in [0.3, 0.4) is 0 Å². The highest BCUT2D eigenvalue weighted by Gasteiger charge is 2.52. The first-order valence-electron chi connectivity index (χ1n) is 4.94. The molecule has 2 bridgehead atoms. The number of carbonyl (C=O) groups excluding carboxylic acids is 1. The van der Waals surface area contributed by atoms with E-state index in [1.54, 1.807) is 0 Å². The van der Waals surface area contributed by atoms with Crippen molar-refractivity contribution in [3.8, 4) is 0 Å². The fourth-order valence-corrected chi connectivity index (χ4v) is 2.45. The van der Waals surface area contributed by atoms with E-state index in [9.17, 15) is 9.18 Å². The summed E-state index contributed by atoms with van der Waals surface area (Å²) in [7, 11) is 0. The first-order valence-corrected chi connectivity index (χ1v) is 4.94. The van der Waals surface area contributed by atoms with Crippen LogP contribution in [0.1, 0.15) is 12.8 Å². The molecule has 4 atom stereocenters. The van der Waals surface area contributed by atoms with Crippen molar-refractivity contribution in [2.75, 3.05) is 13.1 Å². The van der Waals surface area contributed by atoms with Gasteiger partial charge in [-0.3, -0.25) is 4.79 Å². The quantitative estimate of drug-likeness (QED) is 0.618. The van der Waals surface area contributed by atoms with Crippen molar-refractivity contribution < 1.29 is 9.18 Å². The maximum Gasteiger partial charge on any atom is 0.229 e. The molecule has 0 aromatic rings. The van der Waals surface area contributed by atoms with E-state index in [2.05, 4.69) is 5.32 Å². The Bertz CT molecular complexity index is 244. The van der Waals surface area contributed by atoms with Crippen LogP contribution in [-0.2, 0) is 4.79 Å². The van der Waals surface area contributed by atoms with Gasteiger partial charge in [0.2, 0.25) is 5.91 Å². The molecular weight excluding hydrogens is 171 g/mol. The van der Waals surface area contributed by atoms with Gasteiger partial charge in [0.15, 0.2) is 0 Å². The van der Waals surface area contributed by atoms with Gasteiger partial charge in [0.05, 0.1) is 5.92 Å². The number of rotatable bonds is 1. The Morgan fingerprint density at radius 1 is 1.31 bits per heavy atom. The maximum atomic E-state index is 12.7. The Balaban J connectivity index is 1.69. The Morgan fingerprint density at radius 2 is 1.92 bits per heavy atom. The summed E-state index contributed by atoms with van der Waals surface area (Å²) in [6, 6.07) is 0.720. The zero-order chi connectivity index (χ0) is 9.00. The van der Waals surface area contributed by atoms with Gasteiger partial charge in [0.1, 0.15) is 6.17 Å². The molecule has 2 aliphatic heterocycles. The molecule has 0 aromatic carbocycles. The van der Waals surface area contributed by atoms with E-state index in [0.717, 1.165) is 19.5 Å². The molecule has 0 spiro atoms. The predicted molar refractivity (Wildman–Crippen MR) is 44.9 cm³/mol. The average Bonchev–Trinajstić information content (AvgIpc) is 2.84. The summed E-state index contributed by atoms with van der Waals surface area (Å²) in [5, 5.41) is 3.25. The zero-order valence-electron chi connectivity index (χ0n) is 7.37. The number of hydrogen-bond donors (Lipinski definition) is 1. The monoisotopic (exact) mass is 184 g/mol. The molecule has 2 heterocycles. The number of amides is 1. The Morgan fingerprint density at radius 3 is 2.38 bits per heavy atom. The van der Waals surface area contributed by atoms with Crippen LogP contribution in [0.5, 0.6) is 0 Å². The van der Waals surface area contributed by atoms with E-state index in [0.29, 0.717) is 18.5 Å². The lowest BCUT2D eigenvalue weighted by atomic mass is 9.88. The number of hydrogen-bond acceptors (Lipinski definition) is 2. The lowest BCUT2D eigenvalue weighted by Gasteiger charge is -2.53. The number of piperidine rings is 1. The molecule has 1 N–H and O–H groups in total. The Hall–Kier alpha value is -0.640. The maximum absolute atomic E-state index is 12.7. The number of halogens is 1. The standard InChI is InChI=1S/C9H13FN2O/c10-8-2-7(8)9(13)12-5-1-6(12)4-11-3-5/h5-8,11H,1-4H2/t5-,6-,7?,8?/m0/s1. The van der Waals surface area contributed by atoms with Gasteiger partial charge in [-0.2, -0.15) is 0 Å². The SMILES string of the molecule is O=C(C1CC1F)N1[C@@H]2CNC[C@@H]1C2. The highest BCUT2D eigenvalue weighted by atomic mass is 19.1. The molecule has 0 radical (unpaired) electrons. The topological polar surface area (TPSA) is 32.3 Å². The third-order valence-electron chi connectivity index (χ3n) is 3.38. The molecule has 2 unspecified atom stereocenters. The molecule has 0 aromatic heterocycles. The third kappa shape index (κ3) is 1.01. The summed E-state index contributed by atoms with van der Waals surface area (Å²) in [5.41, 5.74) is 0. The van der Waals surface area contributed by atoms with E-state index >= 15 is 0 Å². The van der Waals surface area contributed by atoms with Gasteiger partial charge >= 0.3 is 0 Å². The fraction of sp³-hybridized carbons (Fsp3) is 0.889. The normalized spacial score (nSPS) is 47.0. The smallest absolute Gasteiger partial charge is 0.229 e. The van der Waals surface area contributed by atoms with Crippen molar-refractivity contribution >= 4 is 5.91 Å². The number of alkyl halides is 1. The van der Waals surface area contributed by atoms with E-state index < -0.39 is 6.17 Å². The van der Waals surface area contributed by atoms with Crippen molar-refractivity contribution in [3.05, 3.63) is 0 Å². The van der Waals surface area contributed by atoms with Gasteiger partial charge in [-0.25, -0.2) is 4.39 Å². The summed E-state index contributed by atoms with van der Waals surface area (Å²) in [5.74, 6) is -0.223. The Labute approximate surface area is 76.3 Å². The highest BCUT2D eigenvalue weighted by Crippen LogP contribution is 2.40. The summed E-state index contributed by atoms with van der Waals surface area (Å²) < 4.78 is 12.7. The van der Waals surface area contributed by atoms with Crippen LogP contribution in [0.2, 0.25) is 0 Å². The number of nitrogens with one attached hydrogen (secondary N) is 1. The third-order valence-corrected chi connectivity index (χ3v) is 3.38. The van der Waals surface area contributed by atoms with Crippen molar-refractivity contribution in [3.63, 3.8) is 0 Å². The highest BCUT2D eigenvalue weighted by molar-refractivity contribution is 5.83. The first kappa shape index (κ1) is 7.74. The van der Waals surface area contributed by atoms with Crippen molar-refractivity contribution in [1.29, 1.82) is 0 Å². The molecule has 1 amide bonds. The number of fused-ring (bicyclic) bond motifs is 2. The van der Waals surface area contributed by atoms with Crippen LogP contribution in [0.4, 0.5) is 4.39 Å². The van der Waals surface area contributed by atoms with Gasteiger partial charge in [0.25, 0.3) is 0 Å². The van der Waals surface area contributed by atoms with Crippen LogP contribution < -0.4 is 5.32 Å². The van der Waals surface area contributed by atoms with Gasteiger partial charge in [-0.05, 0) is 12.8 Å². The zero-order valence-corrected chi connectivity index (χ0v) is 7.37. The minimum Gasteiger partial charge on any atom is -0.334 e. The van der Waals surface area contributed by atoms with Gasteiger partial charge in [-0.15, -0.1) is 0 Å². The van der Waals surface area contributed by atoms with E-state index in [1.165, 1.54) is 0 Å². The van der Waals surface area contributed by atoms with Crippen LogP contribution in [0.25, 0.3) is 0 Å². The molecule has 72 valence electrons. The van der Waals surface area contributed by atoms with Crippen LogP contribution in [0.15, 0.2) is 0 Å². The Kier molecular flexibility index (Phi) is 1.45. The number of piperazine rings is 1. The minimum atomic E-state index is -0.846. The van der Waals surface area contributed by atoms with E-state index in [-0.39, 0.29) is 11.8 Å². The fourth-order valence-electron chi connectivity index (χ4n) is 2.45. The van der Waals surface area contributed by atoms with Crippen LogP contribution >= 0.6 is 0 Å². The molecule has 13 heavy (non-hydrogen) atoms. The van der Waals surface area contributed by atoms with Crippen molar-refractivity contribution in [2.24, 2.45) is 5.92 Å². The summed E-state index contributed by atoms with van der Waals surface area (Å²) in [4.78, 5) is 13.6. The lowest BCUT2D eigenvalue weighted by Crippen LogP contribution is -2.69. The molecular formula is C9H13FN2O. The average molecular weight is 184 g/mol. The minimum absolute atomic E-state index is 0.0650. The van der Waals surface area contributed by atoms with E-state index in [1.807, 2.05) is 4.90 Å². The van der Waals surface area contributed by atoms with Gasteiger partial charge < -0.3 is 10.2 Å². The van der Waals surface area contributed by atoms with E-state index in [4.69, 9.17) is 0 Å². The molecule has 1 aliphatic carbocycles. The molecule has 4 heteroatoms. The van der Waals surface area contributed by atoms with Crippen LogP contribution in [0, 0.1) is 5.92 Å².